The topological polar surface area (TPSA) is 25.4 Å². The van der Waals surface area contributed by atoms with Gasteiger partial charge in [-0.15, -0.1) is 11.3 Å². The Labute approximate surface area is 291 Å². The van der Waals surface area contributed by atoms with E-state index in [1.807, 2.05) is 0 Å². The average Bonchev–Trinajstić information content (AvgIpc) is 3.68. The standard InChI is InChI=1S/C42H41BrN2OS/c1-3-42(4-2)35-27-30(41-44-37-21-13-14-22-40(37)47-41)23-24-33(35)34-28-39(46-26-16-6-5-15-25-43)38(29-36(34)42)45(31-17-9-7-10-18-31)32-19-11-8-12-20-32/h7-14,17-24,27-29H,3-6,15-16,25-26H2,1-2H3. The molecule has 0 N–H and O–H groups in total. The molecule has 238 valence electrons. The Morgan fingerprint density at radius 1 is 0.702 bits per heavy atom. The predicted octanol–water partition coefficient (Wildman–Crippen LogP) is 12.9. The summed E-state index contributed by atoms with van der Waals surface area (Å²) in [4.78, 5) is 7.39. The third kappa shape index (κ3) is 6.00. The molecule has 1 heterocycles. The van der Waals surface area contributed by atoms with Gasteiger partial charge in [0.15, 0.2) is 0 Å². The maximum atomic E-state index is 6.78. The van der Waals surface area contributed by atoms with Crippen molar-refractivity contribution in [3.63, 3.8) is 0 Å². The van der Waals surface area contributed by atoms with Crippen molar-refractivity contribution in [2.45, 2.75) is 57.8 Å². The monoisotopic (exact) mass is 700 g/mol. The zero-order valence-corrected chi connectivity index (χ0v) is 29.6. The summed E-state index contributed by atoms with van der Waals surface area (Å²) in [5.74, 6) is 0.932. The third-order valence-corrected chi connectivity index (χ3v) is 11.4. The van der Waals surface area contributed by atoms with E-state index >= 15 is 0 Å². The number of fused-ring (bicyclic) bond motifs is 4. The van der Waals surface area contributed by atoms with E-state index in [4.69, 9.17) is 9.72 Å². The van der Waals surface area contributed by atoms with Crippen LogP contribution in [0.3, 0.4) is 0 Å². The number of alkyl halides is 1. The van der Waals surface area contributed by atoms with Crippen molar-refractivity contribution in [2.24, 2.45) is 0 Å². The first-order valence-corrected chi connectivity index (χ1v) is 18.9. The van der Waals surface area contributed by atoms with Gasteiger partial charge in [-0.05, 0) is 103 Å². The predicted molar refractivity (Wildman–Crippen MR) is 204 cm³/mol. The van der Waals surface area contributed by atoms with Crippen molar-refractivity contribution in [3.8, 4) is 27.4 Å². The van der Waals surface area contributed by atoms with Crippen LogP contribution in [0.2, 0.25) is 0 Å². The van der Waals surface area contributed by atoms with Crippen LogP contribution in [-0.4, -0.2) is 16.9 Å². The molecule has 47 heavy (non-hydrogen) atoms. The molecule has 0 amide bonds. The summed E-state index contributed by atoms with van der Waals surface area (Å²) in [6.45, 7) is 5.38. The zero-order chi connectivity index (χ0) is 32.2. The number of benzene rings is 5. The minimum atomic E-state index is -0.112. The van der Waals surface area contributed by atoms with Gasteiger partial charge in [-0.1, -0.05) is 103 Å². The van der Waals surface area contributed by atoms with Gasteiger partial charge in [-0.25, -0.2) is 4.98 Å². The summed E-state index contributed by atoms with van der Waals surface area (Å²) in [6, 6.07) is 41.6. The van der Waals surface area contributed by atoms with Crippen LogP contribution in [0, 0.1) is 0 Å². The minimum absolute atomic E-state index is 0.112. The van der Waals surface area contributed by atoms with Crippen LogP contribution in [-0.2, 0) is 5.41 Å². The molecule has 6 aromatic rings. The molecule has 1 aromatic heterocycles. The molecule has 0 unspecified atom stereocenters. The number of unbranched alkanes of at least 4 members (excludes halogenated alkanes) is 3. The Morgan fingerprint density at radius 2 is 1.36 bits per heavy atom. The molecule has 0 aliphatic heterocycles. The lowest BCUT2D eigenvalue weighted by Crippen LogP contribution is -2.24. The van der Waals surface area contributed by atoms with Crippen molar-refractivity contribution in [1.82, 2.24) is 4.98 Å². The summed E-state index contributed by atoms with van der Waals surface area (Å²) in [6.07, 6.45) is 6.64. The highest BCUT2D eigenvalue weighted by Gasteiger charge is 2.42. The van der Waals surface area contributed by atoms with E-state index in [1.165, 1.54) is 51.8 Å². The van der Waals surface area contributed by atoms with Crippen LogP contribution in [0.4, 0.5) is 17.1 Å². The number of halogens is 1. The van der Waals surface area contributed by atoms with Gasteiger partial charge in [0, 0.05) is 27.7 Å². The van der Waals surface area contributed by atoms with Gasteiger partial charge in [0.2, 0.25) is 0 Å². The number of para-hydroxylation sites is 3. The highest BCUT2D eigenvalue weighted by Crippen LogP contribution is 2.57. The fourth-order valence-electron chi connectivity index (χ4n) is 7.25. The van der Waals surface area contributed by atoms with E-state index in [0.29, 0.717) is 6.61 Å². The van der Waals surface area contributed by atoms with E-state index < -0.39 is 0 Å². The van der Waals surface area contributed by atoms with Gasteiger partial charge in [0.05, 0.1) is 22.5 Å². The normalized spacial score (nSPS) is 13.0. The molecule has 1 aliphatic carbocycles. The summed E-state index contributed by atoms with van der Waals surface area (Å²) in [5, 5.41) is 2.14. The molecular weight excluding hydrogens is 660 g/mol. The second-order valence-corrected chi connectivity index (χ2v) is 14.2. The summed E-state index contributed by atoms with van der Waals surface area (Å²) < 4.78 is 8.01. The molecular formula is C42H41BrN2OS. The van der Waals surface area contributed by atoms with Crippen LogP contribution >= 0.6 is 27.3 Å². The highest BCUT2D eigenvalue weighted by atomic mass is 79.9. The highest BCUT2D eigenvalue weighted by molar-refractivity contribution is 9.09. The van der Waals surface area contributed by atoms with Crippen LogP contribution in [0.5, 0.6) is 5.75 Å². The van der Waals surface area contributed by atoms with E-state index in [-0.39, 0.29) is 5.41 Å². The quantitative estimate of drug-likeness (QED) is 0.0885. The van der Waals surface area contributed by atoms with E-state index in [9.17, 15) is 0 Å². The Bertz CT molecular complexity index is 1890. The van der Waals surface area contributed by atoms with E-state index in [2.05, 4.69) is 150 Å². The molecule has 5 heteroatoms. The number of rotatable bonds is 13. The lowest BCUT2D eigenvalue weighted by atomic mass is 9.73. The second kappa shape index (κ2) is 14.0. The molecule has 0 saturated heterocycles. The Balaban J connectivity index is 1.38. The van der Waals surface area contributed by atoms with E-state index in [1.54, 1.807) is 11.3 Å². The molecule has 0 bridgehead atoms. The fourth-order valence-corrected chi connectivity index (χ4v) is 8.61. The van der Waals surface area contributed by atoms with Crippen LogP contribution < -0.4 is 9.64 Å². The van der Waals surface area contributed by atoms with Crippen molar-refractivity contribution < 1.29 is 4.74 Å². The van der Waals surface area contributed by atoms with E-state index in [0.717, 1.165) is 57.9 Å². The Hall–Kier alpha value is -3.93. The average molecular weight is 702 g/mol. The summed E-state index contributed by atoms with van der Waals surface area (Å²) in [5.41, 5.74) is 10.9. The lowest BCUT2D eigenvalue weighted by Gasteiger charge is -2.32. The molecule has 0 fully saturated rings. The van der Waals surface area contributed by atoms with Gasteiger partial charge in [0.1, 0.15) is 10.8 Å². The first kappa shape index (κ1) is 31.7. The van der Waals surface area contributed by atoms with Crippen LogP contribution in [0.15, 0.2) is 115 Å². The number of thiazole rings is 1. The maximum absolute atomic E-state index is 6.78. The molecule has 0 radical (unpaired) electrons. The summed E-state index contributed by atoms with van der Waals surface area (Å²) >= 11 is 5.35. The number of hydrogen-bond donors (Lipinski definition) is 0. The van der Waals surface area contributed by atoms with Gasteiger partial charge in [-0.2, -0.15) is 0 Å². The van der Waals surface area contributed by atoms with Crippen LogP contribution in [0.1, 0.15) is 63.5 Å². The number of aromatic nitrogens is 1. The zero-order valence-electron chi connectivity index (χ0n) is 27.2. The first-order chi connectivity index (χ1) is 23.2. The fraction of sp³-hybridized carbons (Fsp3) is 0.262. The van der Waals surface area contributed by atoms with Gasteiger partial charge < -0.3 is 9.64 Å². The molecule has 3 nitrogen and oxygen atoms in total. The molecule has 1 aliphatic rings. The van der Waals surface area contributed by atoms with Gasteiger partial charge >= 0.3 is 0 Å². The minimum Gasteiger partial charge on any atom is -0.491 e. The smallest absolute Gasteiger partial charge is 0.143 e. The van der Waals surface area contributed by atoms with Crippen molar-refractivity contribution in [2.75, 3.05) is 16.8 Å². The Kier molecular flexibility index (Phi) is 9.46. The molecule has 0 spiro atoms. The van der Waals surface area contributed by atoms with Crippen LogP contribution in [0.25, 0.3) is 31.9 Å². The number of hydrogen-bond acceptors (Lipinski definition) is 4. The van der Waals surface area contributed by atoms with Gasteiger partial charge in [0.25, 0.3) is 0 Å². The third-order valence-electron chi connectivity index (χ3n) is 9.74. The largest absolute Gasteiger partial charge is 0.491 e. The first-order valence-electron chi connectivity index (χ1n) is 16.9. The van der Waals surface area contributed by atoms with Crippen molar-refractivity contribution >= 4 is 54.5 Å². The number of ether oxygens (including phenoxy) is 1. The molecule has 0 saturated carbocycles. The maximum Gasteiger partial charge on any atom is 0.143 e. The summed E-state index contributed by atoms with van der Waals surface area (Å²) in [7, 11) is 0. The molecule has 5 aromatic carbocycles. The number of nitrogens with zero attached hydrogens (tertiary/aromatic N) is 2. The lowest BCUT2D eigenvalue weighted by molar-refractivity contribution is 0.306. The van der Waals surface area contributed by atoms with Crippen molar-refractivity contribution in [1.29, 1.82) is 0 Å². The molecule has 0 atom stereocenters. The Morgan fingerprint density at radius 3 is 2.04 bits per heavy atom. The second-order valence-electron chi connectivity index (χ2n) is 12.4. The van der Waals surface area contributed by atoms with Gasteiger partial charge in [-0.3, -0.25) is 0 Å². The number of anilines is 3. The van der Waals surface area contributed by atoms with Crippen molar-refractivity contribution in [3.05, 3.63) is 126 Å². The SMILES string of the molecule is CCC1(CC)c2cc(-c3nc4ccccc4s3)ccc2-c2cc(OCCCCCCBr)c(N(c3ccccc3)c3ccccc3)cc21. The molecule has 7 rings (SSSR count).